The normalized spacial score (nSPS) is 14.1. The molecule has 0 saturated heterocycles. The minimum Gasteiger partial charge on any atom is -0.394 e. The molecule has 0 spiro atoms. The zero-order valence-corrected chi connectivity index (χ0v) is 11.3. The van der Waals surface area contributed by atoms with Gasteiger partial charge in [0.2, 0.25) is 10.0 Å². The minimum atomic E-state index is -3.50. The molecule has 16 heavy (non-hydrogen) atoms. The molecule has 0 unspecified atom stereocenters. The molecule has 0 heterocycles. The summed E-state index contributed by atoms with van der Waals surface area (Å²) >= 11 is 0. The zero-order valence-electron chi connectivity index (χ0n) is 10.4. The van der Waals surface area contributed by atoms with E-state index in [0.29, 0.717) is 6.42 Å². The number of aliphatic hydroxyl groups is 2. The van der Waals surface area contributed by atoms with E-state index in [4.69, 9.17) is 10.2 Å². The van der Waals surface area contributed by atoms with Gasteiger partial charge in [0, 0.05) is 0 Å². The molecule has 0 aromatic carbocycles. The van der Waals surface area contributed by atoms with Crippen LogP contribution in [0.15, 0.2) is 0 Å². The van der Waals surface area contributed by atoms with E-state index in [1.807, 2.05) is 20.8 Å². The first kappa shape index (κ1) is 15.8. The lowest BCUT2D eigenvalue weighted by Gasteiger charge is -2.30. The highest BCUT2D eigenvalue weighted by Gasteiger charge is 2.33. The van der Waals surface area contributed by atoms with Gasteiger partial charge in [-0.15, -0.1) is 0 Å². The van der Waals surface area contributed by atoms with Crippen LogP contribution < -0.4 is 4.72 Å². The SMILES string of the molecule is CCC(CO)(CO)NS(=O)(=O)CC(C)(C)C. The van der Waals surface area contributed by atoms with Crippen molar-refractivity contribution in [1.29, 1.82) is 0 Å². The number of aliphatic hydroxyl groups excluding tert-OH is 2. The predicted molar refractivity (Wildman–Crippen MR) is 63.6 cm³/mol. The summed E-state index contributed by atoms with van der Waals surface area (Å²) in [7, 11) is -3.50. The van der Waals surface area contributed by atoms with E-state index in [0.717, 1.165) is 0 Å². The fraction of sp³-hybridized carbons (Fsp3) is 1.00. The Bertz CT molecular complexity index is 293. The molecule has 0 aromatic rings. The van der Waals surface area contributed by atoms with Gasteiger partial charge < -0.3 is 10.2 Å². The van der Waals surface area contributed by atoms with Gasteiger partial charge in [-0.2, -0.15) is 0 Å². The molecule has 0 fully saturated rings. The standard InChI is InChI=1S/C10H23NO4S/c1-5-10(6-12,7-13)11-16(14,15)8-9(2,3)4/h11-13H,5-8H2,1-4H3. The average molecular weight is 253 g/mol. The molecule has 6 heteroatoms. The number of rotatable bonds is 6. The zero-order chi connectivity index (χ0) is 13.0. The van der Waals surface area contributed by atoms with Crippen LogP contribution >= 0.6 is 0 Å². The summed E-state index contributed by atoms with van der Waals surface area (Å²) in [5, 5.41) is 18.3. The van der Waals surface area contributed by atoms with Crippen LogP contribution in [0.3, 0.4) is 0 Å². The van der Waals surface area contributed by atoms with Gasteiger partial charge in [-0.1, -0.05) is 27.7 Å². The van der Waals surface area contributed by atoms with Gasteiger partial charge in [0.15, 0.2) is 0 Å². The second kappa shape index (κ2) is 5.44. The summed E-state index contributed by atoms with van der Waals surface area (Å²) < 4.78 is 26.0. The van der Waals surface area contributed by atoms with Gasteiger partial charge in [-0.3, -0.25) is 0 Å². The van der Waals surface area contributed by atoms with Crippen LogP contribution in [0.4, 0.5) is 0 Å². The third kappa shape index (κ3) is 5.25. The van der Waals surface area contributed by atoms with Crippen molar-refractivity contribution in [2.45, 2.75) is 39.7 Å². The molecule has 0 atom stereocenters. The van der Waals surface area contributed by atoms with Crippen LogP contribution in [-0.4, -0.2) is 43.1 Å². The van der Waals surface area contributed by atoms with E-state index in [1.165, 1.54) is 0 Å². The van der Waals surface area contributed by atoms with E-state index in [-0.39, 0.29) is 11.2 Å². The number of hydrogen-bond acceptors (Lipinski definition) is 4. The van der Waals surface area contributed by atoms with Crippen molar-refractivity contribution < 1.29 is 18.6 Å². The van der Waals surface area contributed by atoms with Crippen molar-refractivity contribution in [1.82, 2.24) is 4.72 Å². The summed E-state index contributed by atoms with van der Waals surface area (Å²) in [4.78, 5) is 0. The van der Waals surface area contributed by atoms with E-state index < -0.39 is 28.8 Å². The lowest BCUT2D eigenvalue weighted by molar-refractivity contribution is 0.105. The highest BCUT2D eigenvalue weighted by molar-refractivity contribution is 7.89. The highest BCUT2D eigenvalue weighted by Crippen LogP contribution is 2.18. The molecule has 98 valence electrons. The van der Waals surface area contributed by atoms with E-state index >= 15 is 0 Å². The first-order valence-electron chi connectivity index (χ1n) is 5.33. The monoisotopic (exact) mass is 253 g/mol. The molecule has 5 nitrogen and oxygen atoms in total. The molecule has 0 aliphatic carbocycles. The van der Waals surface area contributed by atoms with Crippen LogP contribution in [0.5, 0.6) is 0 Å². The maximum atomic E-state index is 11.8. The van der Waals surface area contributed by atoms with E-state index in [9.17, 15) is 8.42 Å². The van der Waals surface area contributed by atoms with Gasteiger partial charge in [-0.25, -0.2) is 13.1 Å². The average Bonchev–Trinajstić information content (AvgIpc) is 2.10. The molecule has 0 rings (SSSR count). The quantitative estimate of drug-likeness (QED) is 0.626. The summed E-state index contributed by atoms with van der Waals surface area (Å²) in [6.45, 7) is 6.34. The van der Waals surface area contributed by atoms with Crippen LogP contribution in [0.2, 0.25) is 0 Å². The second-order valence-electron chi connectivity index (χ2n) is 5.37. The van der Waals surface area contributed by atoms with E-state index in [2.05, 4.69) is 4.72 Å². The topological polar surface area (TPSA) is 86.6 Å². The van der Waals surface area contributed by atoms with Gasteiger partial charge in [0.1, 0.15) is 0 Å². The summed E-state index contributed by atoms with van der Waals surface area (Å²) in [6, 6.07) is 0. The largest absolute Gasteiger partial charge is 0.394 e. The lowest BCUT2D eigenvalue weighted by Crippen LogP contribution is -2.55. The molecular formula is C10H23NO4S. The number of nitrogens with one attached hydrogen (secondary N) is 1. The van der Waals surface area contributed by atoms with E-state index in [1.54, 1.807) is 6.92 Å². The molecule has 0 aromatic heterocycles. The summed E-state index contributed by atoms with van der Waals surface area (Å²) in [6.07, 6.45) is 0.337. The van der Waals surface area contributed by atoms with Gasteiger partial charge in [0.05, 0.1) is 24.5 Å². The Morgan fingerprint density at radius 3 is 1.81 bits per heavy atom. The first-order chi connectivity index (χ1) is 7.10. The fourth-order valence-electron chi connectivity index (χ4n) is 1.35. The Balaban J connectivity index is 4.81. The smallest absolute Gasteiger partial charge is 0.212 e. The highest BCUT2D eigenvalue weighted by atomic mass is 32.2. The van der Waals surface area contributed by atoms with Crippen molar-refractivity contribution in [3.8, 4) is 0 Å². The van der Waals surface area contributed by atoms with Crippen LogP contribution in [0, 0.1) is 5.41 Å². The molecular weight excluding hydrogens is 230 g/mol. The fourth-order valence-corrected chi connectivity index (χ4v) is 3.49. The molecule has 3 N–H and O–H groups in total. The van der Waals surface area contributed by atoms with Crippen molar-refractivity contribution >= 4 is 10.0 Å². The van der Waals surface area contributed by atoms with Crippen molar-refractivity contribution in [2.24, 2.45) is 5.41 Å². The Hall–Kier alpha value is -0.170. The molecule has 0 saturated carbocycles. The minimum absolute atomic E-state index is 0.0399. The van der Waals surface area contributed by atoms with Gasteiger partial charge >= 0.3 is 0 Å². The lowest BCUT2D eigenvalue weighted by atomic mass is 10.0. The third-order valence-electron chi connectivity index (χ3n) is 2.28. The molecule has 0 aliphatic heterocycles. The first-order valence-corrected chi connectivity index (χ1v) is 6.98. The Morgan fingerprint density at radius 1 is 1.12 bits per heavy atom. The Morgan fingerprint density at radius 2 is 1.56 bits per heavy atom. The second-order valence-corrected chi connectivity index (χ2v) is 7.09. The van der Waals surface area contributed by atoms with Gasteiger partial charge in [0.25, 0.3) is 0 Å². The molecule has 0 radical (unpaired) electrons. The maximum absolute atomic E-state index is 11.8. The van der Waals surface area contributed by atoms with Crippen LogP contribution in [0.1, 0.15) is 34.1 Å². The Labute approximate surface area is 97.9 Å². The molecule has 0 amide bonds. The van der Waals surface area contributed by atoms with Crippen LogP contribution in [0.25, 0.3) is 0 Å². The predicted octanol–water partition coefficient (Wildman–Crippen LogP) is 0.0853. The number of sulfonamides is 1. The van der Waals surface area contributed by atoms with Crippen molar-refractivity contribution in [3.05, 3.63) is 0 Å². The maximum Gasteiger partial charge on any atom is 0.212 e. The molecule has 0 aliphatic rings. The number of hydrogen-bond donors (Lipinski definition) is 3. The molecule has 0 bridgehead atoms. The Kier molecular flexibility index (Phi) is 5.38. The summed E-state index contributed by atoms with van der Waals surface area (Å²) in [5.41, 5.74) is -1.51. The third-order valence-corrected chi connectivity index (χ3v) is 4.27. The summed E-state index contributed by atoms with van der Waals surface area (Å²) in [5.74, 6) is -0.0399. The van der Waals surface area contributed by atoms with Crippen molar-refractivity contribution in [3.63, 3.8) is 0 Å². The van der Waals surface area contributed by atoms with Gasteiger partial charge in [-0.05, 0) is 11.8 Å². The van der Waals surface area contributed by atoms with Crippen LogP contribution in [-0.2, 0) is 10.0 Å². The van der Waals surface area contributed by atoms with Crippen molar-refractivity contribution in [2.75, 3.05) is 19.0 Å².